The summed E-state index contributed by atoms with van der Waals surface area (Å²) in [7, 11) is 1.25. The minimum atomic E-state index is -1.84. The molecule has 0 aliphatic carbocycles. The molecule has 0 saturated carbocycles. The van der Waals surface area contributed by atoms with Crippen molar-refractivity contribution in [3.05, 3.63) is 0 Å². The molecule has 1 fully saturated rings. The van der Waals surface area contributed by atoms with E-state index >= 15 is 0 Å². The molecule has 1 saturated heterocycles. The number of rotatable bonds is 8. The van der Waals surface area contributed by atoms with E-state index in [-0.39, 0.29) is 5.75 Å². The smallest absolute Gasteiger partial charge is 0.209 e. The van der Waals surface area contributed by atoms with Gasteiger partial charge in [-0.3, -0.25) is 0 Å². The van der Waals surface area contributed by atoms with Gasteiger partial charge in [0.05, 0.1) is 18.3 Å². The molecule has 1 heterocycles. The van der Waals surface area contributed by atoms with Gasteiger partial charge in [0.25, 0.3) is 0 Å². The van der Waals surface area contributed by atoms with Gasteiger partial charge < -0.3 is 44.5 Å². The number of thiol groups is 1. The zero-order valence-electron chi connectivity index (χ0n) is 13.2. The van der Waals surface area contributed by atoms with Crippen LogP contribution in [0, 0.1) is 0 Å². The van der Waals surface area contributed by atoms with E-state index in [1.165, 1.54) is 14.0 Å². The predicted octanol–water partition coefficient (Wildman–Crippen LogP) is -2.18. The third-order valence-corrected chi connectivity index (χ3v) is 4.01. The fourth-order valence-corrected chi connectivity index (χ4v) is 2.53. The summed E-state index contributed by atoms with van der Waals surface area (Å²) in [6.07, 6.45) is -10.5. The van der Waals surface area contributed by atoms with Crippen LogP contribution in [-0.4, -0.2) is 93.9 Å². The van der Waals surface area contributed by atoms with Crippen molar-refractivity contribution in [3.63, 3.8) is 0 Å². The van der Waals surface area contributed by atoms with Gasteiger partial charge >= 0.3 is 0 Å². The summed E-state index contributed by atoms with van der Waals surface area (Å²) in [5.41, 5.74) is 0. The first-order chi connectivity index (χ1) is 10.7. The van der Waals surface area contributed by atoms with Crippen molar-refractivity contribution >= 4 is 12.6 Å². The Labute approximate surface area is 140 Å². The molecule has 9 nitrogen and oxygen atoms in total. The van der Waals surface area contributed by atoms with E-state index in [1.807, 2.05) is 0 Å². The third kappa shape index (κ3) is 5.49. The Kier molecular flexibility index (Phi) is 8.66. The van der Waals surface area contributed by atoms with Gasteiger partial charge in [-0.05, 0) is 13.8 Å². The monoisotopic (exact) mass is 358 g/mol. The summed E-state index contributed by atoms with van der Waals surface area (Å²) in [5.74, 6) is 0.164. The third-order valence-electron chi connectivity index (χ3n) is 3.65. The number of hydrogen-bond acceptors (Lipinski definition) is 10. The molecule has 5 N–H and O–H groups in total. The molecule has 1 aliphatic heterocycles. The first-order valence-corrected chi connectivity index (χ1v) is 7.86. The molecule has 23 heavy (non-hydrogen) atoms. The average molecular weight is 358 g/mol. The quantitative estimate of drug-likeness (QED) is 0.211. The Morgan fingerprint density at radius 3 is 2.22 bits per heavy atom. The van der Waals surface area contributed by atoms with E-state index in [1.54, 1.807) is 6.92 Å². The lowest BCUT2D eigenvalue weighted by molar-refractivity contribution is -0.319. The van der Waals surface area contributed by atoms with Gasteiger partial charge in [-0.1, -0.05) is 0 Å². The predicted molar refractivity (Wildman–Crippen MR) is 80.7 cm³/mol. The molecule has 0 radical (unpaired) electrons. The summed E-state index contributed by atoms with van der Waals surface area (Å²) < 4.78 is 21.0. The Morgan fingerprint density at radius 1 is 1.13 bits per heavy atom. The highest BCUT2D eigenvalue weighted by Crippen LogP contribution is 2.24. The number of hydrogen-bond donors (Lipinski definition) is 6. The van der Waals surface area contributed by atoms with Crippen molar-refractivity contribution in [1.82, 2.24) is 0 Å². The van der Waals surface area contributed by atoms with E-state index < -0.39 is 55.5 Å². The fraction of sp³-hybridized carbons (Fsp3) is 1.00. The SMILES string of the molecule is COC(OC(CS)[C@H](C)OC1OC(C)C(O)C(O)C1O)C(O)O. The molecular weight excluding hydrogens is 332 g/mol. The van der Waals surface area contributed by atoms with Crippen LogP contribution in [0.5, 0.6) is 0 Å². The zero-order chi connectivity index (χ0) is 17.7. The lowest BCUT2D eigenvalue weighted by Crippen LogP contribution is -2.58. The molecule has 0 amide bonds. The van der Waals surface area contributed by atoms with Crippen LogP contribution in [0.15, 0.2) is 0 Å². The normalized spacial score (nSPS) is 36.0. The molecular formula is C13H26O9S. The van der Waals surface area contributed by atoms with Crippen LogP contribution < -0.4 is 0 Å². The van der Waals surface area contributed by atoms with E-state index in [2.05, 4.69) is 12.6 Å². The Morgan fingerprint density at radius 2 is 1.74 bits per heavy atom. The standard InChI is InChI=1S/C13H26O9S/c1-5(7(4-23)22-13(19-3)11(17)18)20-12-10(16)9(15)8(14)6(2)21-12/h5-18,23H,4H2,1-3H3/t5-,6?,7?,8?,9?,10?,12?,13?/m0/s1. The van der Waals surface area contributed by atoms with Gasteiger partial charge in [0.1, 0.15) is 18.3 Å². The second kappa shape index (κ2) is 9.47. The summed E-state index contributed by atoms with van der Waals surface area (Å²) in [6.45, 7) is 3.14. The number of aliphatic hydroxyl groups is 5. The molecule has 0 aromatic carbocycles. The van der Waals surface area contributed by atoms with Crippen molar-refractivity contribution < 1.29 is 44.5 Å². The molecule has 0 spiro atoms. The van der Waals surface area contributed by atoms with Crippen LogP contribution in [0.1, 0.15) is 13.8 Å². The minimum Gasteiger partial charge on any atom is -0.388 e. The number of ether oxygens (including phenoxy) is 4. The van der Waals surface area contributed by atoms with Crippen molar-refractivity contribution in [3.8, 4) is 0 Å². The second-order valence-corrected chi connectivity index (χ2v) is 5.76. The van der Waals surface area contributed by atoms with Crippen LogP contribution in [0.3, 0.4) is 0 Å². The lowest BCUT2D eigenvalue weighted by atomic mass is 10.00. The van der Waals surface area contributed by atoms with E-state index in [9.17, 15) is 15.3 Å². The van der Waals surface area contributed by atoms with Crippen molar-refractivity contribution in [2.24, 2.45) is 0 Å². The van der Waals surface area contributed by atoms with Crippen LogP contribution in [0.4, 0.5) is 0 Å². The van der Waals surface area contributed by atoms with Gasteiger partial charge in [-0.25, -0.2) is 0 Å². The van der Waals surface area contributed by atoms with Gasteiger partial charge in [-0.2, -0.15) is 12.6 Å². The highest BCUT2D eigenvalue weighted by molar-refractivity contribution is 7.80. The van der Waals surface area contributed by atoms with Gasteiger partial charge in [0.15, 0.2) is 6.29 Å². The van der Waals surface area contributed by atoms with Crippen molar-refractivity contribution in [2.45, 2.75) is 69.3 Å². The minimum absolute atomic E-state index is 0.164. The molecule has 1 aliphatic rings. The van der Waals surface area contributed by atoms with Crippen LogP contribution in [-0.2, 0) is 18.9 Å². The fourth-order valence-electron chi connectivity index (χ4n) is 2.15. The summed E-state index contributed by atoms with van der Waals surface area (Å²) >= 11 is 4.11. The summed E-state index contributed by atoms with van der Waals surface area (Å²) in [5, 5.41) is 47.5. The van der Waals surface area contributed by atoms with Crippen molar-refractivity contribution in [1.29, 1.82) is 0 Å². The Balaban J connectivity index is 2.66. The van der Waals surface area contributed by atoms with Crippen LogP contribution in [0.25, 0.3) is 0 Å². The molecule has 0 aromatic rings. The highest BCUT2D eigenvalue weighted by atomic mass is 32.1. The topological polar surface area (TPSA) is 138 Å². The van der Waals surface area contributed by atoms with E-state index in [0.29, 0.717) is 0 Å². The molecule has 7 unspecified atom stereocenters. The molecule has 0 bridgehead atoms. The maximum atomic E-state index is 9.92. The zero-order valence-corrected chi connectivity index (χ0v) is 14.1. The Bertz CT molecular complexity index is 345. The first-order valence-electron chi connectivity index (χ1n) is 7.23. The number of aliphatic hydroxyl groups excluding tert-OH is 4. The van der Waals surface area contributed by atoms with Crippen molar-refractivity contribution in [2.75, 3.05) is 12.9 Å². The summed E-state index contributed by atoms with van der Waals surface area (Å²) in [6, 6.07) is 0. The van der Waals surface area contributed by atoms with E-state index in [4.69, 9.17) is 29.2 Å². The number of methoxy groups -OCH3 is 1. The lowest BCUT2D eigenvalue weighted by Gasteiger charge is -2.40. The summed E-state index contributed by atoms with van der Waals surface area (Å²) in [4.78, 5) is 0. The largest absolute Gasteiger partial charge is 0.388 e. The molecule has 138 valence electrons. The maximum Gasteiger partial charge on any atom is 0.209 e. The van der Waals surface area contributed by atoms with Crippen LogP contribution >= 0.6 is 12.6 Å². The second-order valence-electron chi connectivity index (χ2n) is 5.40. The highest BCUT2D eigenvalue weighted by Gasteiger charge is 2.43. The molecule has 1 rings (SSSR count). The molecule has 10 heteroatoms. The molecule has 0 aromatic heterocycles. The maximum absolute atomic E-state index is 9.92. The van der Waals surface area contributed by atoms with Crippen LogP contribution in [0.2, 0.25) is 0 Å². The Hall–Kier alpha value is -0.0100. The van der Waals surface area contributed by atoms with Gasteiger partial charge in [0.2, 0.25) is 12.6 Å². The first kappa shape index (κ1) is 21.0. The molecule has 8 atom stereocenters. The average Bonchev–Trinajstić information content (AvgIpc) is 2.51. The van der Waals surface area contributed by atoms with E-state index in [0.717, 1.165) is 0 Å². The van der Waals surface area contributed by atoms with Gasteiger partial charge in [0, 0.05) is 12.9 Å². The van der Waals surface area contributed by atoms with Gasteiger partial charge in [-0.15, -0.1) is 0 Å².